The van der Waals surface area contributed by atoms with E-state index in [0.717, 1.165) is 12.1 Å². The van der Waals surface area contributed by atoms with E-state index in [4.69, 9.17) is 5.11 Å². The maximum absolute atomic E-state index is 13.6. The van der Waals surface area contributed by atoms with Crippen molar-refractivity contribution in [3.63, 3.8) is 0 Å². The lowest BCUT2D eigenvalue weighted by molar-refractivity contribution is 0.342. The Hall–Kier alpha value is -1.74. The summed E-state index contributed by atoms with van der Waals surface area (Å²) in [5.41, 5.74) is 0.679. The number of benzene rings is 2. The minimum Gasteiger partial charge on any atom is -0.503 e. The van der Waals surface area contributed by atoms with Gasteiger partial charge in [-0.2, -0.15) is 22.3 Å². The summed E-state index contributed by atoms with van der Waals surface area (Å²) in [6.07, 6.45) is 0. The van der Waals surface area contributed by atoms with Crippen LogP contribution < -0.4 is 0 Å². The van der Waals surface area contributed by atoms with E-state index in [1.54, 1.807) is 6.92 Å². The molecular weight excluding hydrogens is 344 g/mol. The molecule has 0 bridgehead atoms. The van der Waals surface area contributed by atoms with Crippen LogP contribution in [0, 0.1) is 30.2 Å². The lowest BCUT2D eigenvalue weighted by Crippen LogP contribution is -2.11. The molecule has 0 aliphatic carbocycles. The molecule has 0 atom stereocenters. The van der Waals surface area contributed by atoms with Crippen LogP contribution in [-0.4, -0.2) is 13.5 Å². The van der Waals surface area contributed by atoms with Crippen molar-refractivity contribution in [2.24, 2.45) is 0 Å². The van der Waals surface area contributed by atoms with Crippen molar-refractivity contribution in [2.45, 2.75) is 16.7 Å². The predicted octanol–water partition coefficient (Wildman–Crippen LogP) is 3.20. The Morgan fingerprint density at radius 3 is 1.68 bits per heavy atom. The first-order valence-corrected chi connectivity index (χ1v) is 7.03. The van der Waals surface area contributed by atoms with E-state index in [1.807, 2.05) is 0 Å². The highest BCUT2D eigenvalue weighted by atomic mass is 32.2. The number of hydrogen-bond acceptors (Lipinski definition) is 3. The van der Waals surface area contributed by atoms with E-state index in [1.165, 1.54) is 12.1 Å². The normalized spacial score (nSPS) is 11.1. The number of rotatable bonds is 2. The van der Waals surface area contributed by atoms with E-state index < -0.39 is 48.6 Å². The van der Waals surface area contributed by atoms with Gasteiger partial charge in [0.25, 0.3) is 0 Å². The molecular formula is C13H10F4O3S2. The van der Waals surface area contributed by atoms with Gasteiger partial charge in [-0.3, -0.25) is 0 Å². The van der Waals surface area contributed by atoms with Crippen molar-refractivity contribution >= 4 is 23.3 Å². The molecule has 0 fully saturated rings. The van der Waals surface area contributed by atoms with Gasteiger partial charge in [-0.1, -0.05) is 17.7 Å². The second kappa shape index (κ2) is 6.17. The Morgan fingerprint density at radius 1 is 0.864 bits per heavy atom. The highest BCUT2D eigenvalue weighted by Crippen LogP contribution is 2.34. The zero-order chi connectivity index (χ0) is 15.9. The van der Waals surface area contributed by atoms with E-state index in [2.05, 4.69) is 0 Å². The third-order valence-corrected chi connectivity index (χ3v) is 4.59. The van der Waals surface area contributed by atoms with Gasteiger partial charge in [0.2, 0.25) is 21.5 Å². The summed E-state index contributed by atoms with van der Waals surface area (Å²) in [6, 6.07) is 4.81. The molecule has 2 aromatic rings. The summed E-state index contributed by atoms with van der Waals surface area (Å²) >= 11 is 0. The minimum absolute atomic E-state index is 0. The van der Waals surface area contributed by atoms with Crippen molar-refractivity contribution in [2.75, 3.05) is 0 Å². The van der Waals surface area contributed by atoms with E-state index in [0.29, 0.717) is 5.56 Å². The highest BCUT2D eigenvalue weighted by Gasteiger charge is 2.34. The van der Waals surface area contributed by atoms with Crippen molar-refractivity contribution in [1.29, 1.82) is 0 Å². The quantitative estimate of drug-likeness (QED) is 0.666. The standard InChI is InChI=1S/C13H8F4O3S.H2S/c1-6-2-4-7(5-3-6)21(19,20)13-10(16)8(14)12(18)9(15)11(13)17;/h2-5,18H,1H3;1H2. The van der Waals surface area contributed by atoms with Gasteiger partial charge in [-0.15, -0.1) is 0 Å². The average molecular weight is 354 g/mol. The number of aromatic hydroxyl groups is 1. The van der Waals surface area contributed by atoms with Gasteiger partial charge in [-0.25, -0.2) is 17.2 Å². The van der Waals surface area contributed by atoms with E-state index in [-0.39, 0.29) is 13.5 Å². The van der Waals surface area contributed by atoms with Crippen molar-refractivity contribution < 1.29 is 31.1 Å². The molecule has 0 aliphatic heterocycles. The van der Waals surface area contributed by atoms with E-state index in [9.17, 15) is 26.0 Å². The molecule has 2 rings (SSSR count). The molecule has 0 aromatic heterocycles. The molecule has 3 nitrogen and oxygen atoms in total. The molecule has 22 heavy (non-hydrogen) atoms. The zero-order valence-corrected chi connectivity index (χ0v) is 12.8. The fourth-order valence-corrected chi connectivity index (χ4v) is 3.05. The zero-order valence-electron chi connectivity index (χ0n) is 11.0. The summed E-state index contributed by atoms with van der Waals surface area (Å²) in [4.78, 5) is -2.31. The SMILES string of the molecule is Cc1ccc(S(=O)(=O)c2c(F)c(F)c(O)c(F)c2F)cc1.S. The number of halogens is 4. The number of aryl methyl sites for hydroxylation is 1. The van der Waals surface area contributed by atoms with Crippen LogP contribution in [0.25, 0.3) is 0 Å². The van der Waals surface area contributed by atoms with Crippen LogP contribution in [0.1, 0.15) is 5.56 Å². The summed E-state index contributed by atoms with van der Waals surface area (Å²) in [5, 5.41) is 8.84. The van der Waals surface area contributed by atoms with Gasteiger partial charge in [0.15, 0.2) is 17.4 Å². The van der Waals surface area contributed by atoms with Crippen LogP contribution in [0.2, 0.25) is 0 Å². The Morgan fingerprint density at radius 2 is 1.27 bits per heavy atom. The third-order valence-electron chi connectivity index (χ3n) is 2.80. The Bertz CT molecular complexity index is 789. The molecule has 0 unspecified atom stereocenters. The van der Waals surface area contributed by atoms with E-state index >= 15 is 0 Å². The smallest absolute Gasteiger partial charge is 0.212 e. The van der Waals surface area contributed by atoms with Crippen LogP contribution in [0.3, 0.4) is 0 Å². The van der Waals surface area contributed by atoms with Gasteiger partial charge in [0.1, 0.15) is 4.90 Å². The highest BCUT2D eigenvalue weighted by molar-refractivity contribution is 7.91. The van der Waals surface area contributed by atoms with Crippen LogP contribution in [0.5, 0.6) is 5.75 Å². The first-order chi connectivity index (χ1) is 9.67. The maximum Gasteiger partial charge on any atom is 0.212 e. The van der Waals surface area contributed by atoms with Gasteiger partial charge in [0, 0.05) is 0 Å². The minimum atomic E-state index is -4.82. The lowest BCUT2D eigenvalue weighted by atomic mass is 10.2. The molecule has 1 N–H and O–H groups in total. The fraction of sp³-hybridized carbons (Fsp3) is 0.0769. The van der Waals surface area contributed by atoms with Gasteiger partial charge < -0.3 is 5.11 Å². The van der Waals surface area contributed by atoms with Gasteiger partial charge in [0.05, 0.1) is 4.90 Å². The third kappa shape index (κ3) is 2.78. The number of phenols is 1. The average Bonchev–Trinajstić information content (AvgIpc) is 2.43. The Kier molecular flexibility index (Phi) is 5.14. The molecule has 2 aromatic carbocycles. The molecule has 9 heteroatoms. The molecule has 0 amide bonds. The topological polar surface area (TPSA) is 54.4 Å². The number of sulfone groups is 1. The summed E-state index contributed by atoms with van der Waals surface area (Å²) in [7, 11) is -4.82. The number of hydrogen-bond donors (Lipinski definition) is 1. The molecule has 0 spiro atoms. The second-order valence-corrected chi connectivity index (χ2v) is 6.14. The first kappa shape index (κ1) is 18.3. The van der Waals surface area contributed by atoms with Crippen molar-refractivity contribution in [3.05, 3.63) is 53.1 Å². The molecule has 0 radical (unpaired) electrons. The largest absolute Gasteiger partial charge is 0.503 e. The van der Waals surface area contributed by atoms with Gasteiger partial charge in [-0.05, 0) is 19.1 Å². The second-order valence-electron chi connectivity index (χ2n) is 4.25. The first-order valence-electron chi connectivity index (χ1n) is 5.54. The van der Waals surface area contributed by atoms with Crippen LogP contribution in [0.4, 0.5) is 17.6 Å². The Balaban J connectivity index is 0.00000242. The summed E-state index contributed by atoms with van der Waals surface area (Å²) in [6.45, 7) is 1.65. The summed E-state index contributed by atoms with van der Waals surface area (Å²) < 4.78 is 78.0. The molecule has 0 heterocycles. The molecule has 0 aliphatic rings. The molecule has 120 valence electrons. The maximum atomic E-state index is 13.6. The molecule has 0 saturated heterocycles. The lowest BCUT2D eigenvalue weighted by Gasteiger charge is -2.10. The van der Waals surface area contributed by atoms with Crippen molar-refractivity contribution in [1.82, 2.24) is 0 Å². The predicted molar refractivity (Wildman–Crippen MR) is 75.0 cm³/mol. The molecule has 0 saturated carbocycles. The fourth-order valence-electron chi connectivity index (χ4n) is 1.67. The van der Waals surface area contributed by atoms with Crippen molar-refractivity contribution in [3.8, 4) is 5.75 Å². The number of phenolic OH excluding ortho intramolecular Hbond substituents is 1. The summed E-state index contributed by atoms with van der Waals surface area (Å²) in [5.74, 6) is -10.6. The monoisotopic (exact) mass is 354 g/mol. The van der Waals surface area contributed by atoms with Crippen LogP contribution >= 0.6 is 13.5 Å². The Labute approximate surface area is 130 Å². The van der Waals surface area contributed by atoms with Crippen LogP contribution in [0.15, 0.2) is 34.1 Å². The van der Waals surface area contributed by atoms with Gasteiger partial charge >= 0.3 is 0 Å². The van der Waals surface area contributed by atoms with Crippen LogP contribution in [-0.2, 0) is 9.84 Å².